The zero-order valence-corrected chi connectivity index (χ0v) is 42.7. The van der Waals surface area contributed by atoms with Crippen molar-refractivity contribution in [1.82, 2.24) is 0 Å². The van der Waals surface area contributed by atoms with Crippen molar-refractivity contribution in [3.8, 4) is 0 Å². The number of carboxylic acids is 1. The van der Waals surface area contributed by atoms with Crippen molar-refractivity contribution >= 4 is 5.97 Å². The molecule has 0 spiro atoms. The second-order valence-electron chi connectivity index (χ2n) is 17.8. The molecule has 56 heavy (non-hydrogen) atoms. The van der Waals surface area contributed by atoms with Gasteiger partial charge in [-0.2, -0.15) is 0 Å². The number of aliphatic hydroxyl groups excluding tert-OH is 1. The largest absolute Gasteiger partial charge is 1.00 e. The van der Waals surface area contributed by atoms with Crippen LogP contribution >= 0.6 is 0 Å². The number of hydrogen-bond donors (Lipinski definition) is 1. The minimum Gasteiger partial charge on any atom is -0.550 e. The predicted molar refractivity (Wildman–Crippen MR) is 245 cm³/mol. The molecule has 0 fully saturated rings. The molecule has 0 aliphatic heterocycles. The fourth-order valence-corrected chi connectivity index (χ4v) is 8.11. The Labute approximate surface area is 397 Å². The normalized spacial score (nSPS) is 11.6. The zero-order valence-electron chi connectivity index (χ0n) is 39.6. The molecule has 1 atom stereocenters. The van der Waals surface area contributed by atoms with Crippen molar-refractivity contribution in [3.63, 3.8) is 0 Å². The fourth-order valence-electron chi connectivity index (χ4n) is 8.11. The Bertz CT molecular complexity index is 670. The first-order chi connectivity index (χ1) is 27.1. The summed E-state index contributed by atoms with van der Waals surface area (Å²) < 4.78 is 0. The van der Waals surface area contributed by atoms with Crippen LogP contribution in [0.4, 0.5) is 0 Å². The van der Waals surface area contributed by atoms with Gasteiger partial charge in [0, 0.05) is 5.97 Å². The number of carbonyl (C=O) groups is 1. The summed E-state index contributed by atoms with van der Waals surface area (Å²) in [6.45, 7) is 6.86. The number of unbranched alkanes of at least 4 members (excludes halogenated alkanes) is 41. The van der Waals surface area contributed by atoms with Crippen molar-refractivity contribution in [3.05, 3.63) is 0 Å². The van der Waals surface area contributed by atoms with Crippen molar-refractivity contribution < 1.29 is 66.4 Å². The fraction of sp³-hybridized carbons (Fsp3) is 0.981. The average molecular weight is 818 g/mol. The van der Waals surface area contributed by atoms with Gasteiger partial charge in [0.05, 0.1) is 6.10 Å². The van der Waals surface area contributed by atoms with Crippen LogP contribution in [0.15, 0.2) is 0 Å². The van der Waals surface area contributed by atoms with Gasteiger partial charge in [-0.25, -0.2) is 0 Å². The molecule has 4 heteroatoms. The van der Waals surface area contributed by atoms with Gasteiger partial charge in [-0.1, -0.05) is 297 Å². The molecule has 0 rings (SSSR count). The Balaban J connectivity index is -0.00000114. The van der Waals surface area contributed by atoms with Crippen molar-refractivity contribution in [2.24, 2.45) is 0 Å². The predicted octanol–water partition coefficient (Wildman–Crippen LogP) is 14.5. The van der Waals surface area contributed by atoms with E-state index in [1.807, 2.05) is 0 Å². The number of hydrogen-bond acceptors (Lipinski definition) is 3. The number of aliphatic hydroxyl groups is 1. The molecule has 0 radical (unpaired) electrons. The Kier molecular flexibility index (Phi) is 63.7. The molecule has 0 heterocycles. The summed E-state index contributed by atoms with van der Waals surface area (Å²) in [4.78, 5) is 10.2. The molecule has 0 aromatic carbocycles. The summed E-state index contributed by atoms with van der Waals surface area (Å²) in [5, 5.41) is 20.5. The number of carbonyl (C=O) groups excluding carboxylic acids is 1. The van der Waals surface area contributed by atoms with E-state index >= 15 is 0 Å². The maximum absolute atomic E-state index is 10.2. The molecule has 0 aromatic heterocycles. The molecule has 0 aliphatic carbocycles. The summed E-state index contributed by atoms with van der Waals surface area (Å²) >= 11 is 0. The molecule has 0 aliphatic rings. The molecule has 1 unspecified atom stereocenters. The third-order valence-corrected chi connectivity index (χ3v) is 12.0. The smallest absolute Gasteiger partial charge is 0.550 e. The van der Waals surface area contributed by atoms with Gasteiger partial charge < -0.3 is 15.0 Å². The number of carboxylic acid groups (broad SMARTS) is 1. The van der Waals surface area contributed by atoms with Crippen molar-refractivity contribution in [2.75, 3.05) is 0 Å². The van der Waals surface area contributed by atoms with Gasteiger partial charge in [-0.3, -0.25) is 0 Å². The van der Waals surface area contributed by atoms with E-state index in [9.17, 15) is 15.0 Å². The van der Waals surface area contributed by atoms with Crippen molar-refractivity contribution in [1.29, 1.82) is 0 Å². The van der Waals surface area contributed by atoms with Gasteiger partial charge in [0.15, 0.2) is 0 Å². The Hall–Kier alpha value is 1.07. The third-order valence-electron chi connectivity index (χ3n) is 12.0. The van der Waals surface area contributed by atoms with Crippen LogP contribution in [0.1, 0.15) is 323 Å². The van der Waals surface area contributed by atoms with Crippen LogP contribution in [0.3, 0.4) is 0 Å². The molecule has 0 bridgehead atoms. The van der Waals surface area contributed by atoms with Gasteiger partial charge in [-0.15, -0.1) is 0 Å². The van der Waals surface area contributed by atoms with Gasteiger partial charge in [0.25, 0.3) is 0 Å². The summed E-state index contributed by atoms with van der Waals surface area (Å²) in [7, 11) is 0. The average Bonchev–Trinajstić information content (AvgIpc) is 3.18. The van der Waals surface area contributed by atoms with E-state index < -0.39 is 5.97 Å². The van der Waals surface area contributed by atoms with Crippen LogP contribution in [-0.2, 0) is 4.79 Å². The third kappa shape index (κ3) is 61.7. The molecular weight excluding hydrogens is 712 g/mol. The van der Waals surface area contributed by atoms with Gasteiger partial charge in [0.2, 0.25) is 0 Å². The van der Waals surface area contributed by atoms with E-state index in [1.165, 1.54) is 270 Å². The van der Waals surface area contributed by atoms with Gasteiger partial charge in [0.1, 0.15) is 0 Å². The first kappa shape index (κ1) is 61.4. The zero-order chi connectivity index (χ0) is 40.4. The number of aliphatic carboxylic acids is 1. The topological polar surface area (TPSA) is 60.4 Å². The molecular formula is C52H105KO3. The molecule has 0 aromatic rings. The molecule has 1 N–H and O–H groups in total. The summed E-state index contributed by atoms with van der Waals surface area (Å²) in [5.74, 6) is -0.903. The van der Waals surface area contributed by atoms with Gasteiger partial charge >= 0.3 is 51.4 Å². The van der Waals surface area contributed by atoms with Crippen LogP contribution in [0.2, 0.25) is 0 Å². The summed E-state index contributed by atoms with van der Waals surface area (Å²) in [6.07, 6.45) is 62.9. The van der Waals surface area contributed by atoms with E-state index in [4.69, 9.17) is 0 Å². The Morgan fingerprint density at radius 3 is 0.661 bits per heavy atom. The van der Waals surface area contributed by atoms with Crippen molar-refractivity contribution in [2.45, 2.75) is 329 Å². The van der Waals surface area contributed by atoms with Crippen LogP contribution in [0.5, 0.6) is 0 Å². The molecule has 0 saturated heterocycles. The van der Waals surface area contributed by atoms with Crippen LogP contribution in [0.25, 0.3) is 0 Å². The molecule has 0 amide bonds. The standard InChI is InChI=1S/C34H70O.C18H36O2.K/c1-3-5-7-9-11-13-15-17-19-21-23-25-27-29-31-33-34(35)32-30-28-26-24-22-20-18-16-14-12-10-8-6-4-2;1-2-3-4-5-6-7-8-9-10-11-12-13-14-15-16-17-18(19)20;/h34-35H,3-33H2,1-2H3;2-17H2,1H3,(H,19,20);/q;;+1/p-1. The van der Waals surface area contributed by atoms with Crippen LogP contribution in [-0.4, -0.2) is 17.2 Å². The first-order valence-corrected chi connectivity index (χ1v) is 26.0. The summed E-state index contributed by atoms with van der Waals surface area (Å²) in [6, 6.07) is 0. The Morgan fingerprint density at radius 2 is 0.482 bits per heavy atom. The minimum absolute atomic E-state index is 0. The van der Waals surface area contributed by atoms with E-state index in [0.717, 1.165) is 25.7 Å². The Morgan fingerprint density at radius 1 is 0.321 bits per heavy atom. The monoisotopic (exact) mass is 817 g/mol. The van der Waals surface area contributed by atoms with E-state index in [2.05, 4.69) is 20.8 Å². The van der Waals surface area contributed by atoms with Crippen LogP contribution in [0, 0.1) is 0 Å². The molecule has 0 saturated carbocycles. The minimum atomic E-state index is -0.903. The second-order valence-corrected chi connectivity index (χ2v) is 17.8. The summed E-state index contributed by atoms with van der Waals surface area (Å²) in [5.41, 5.74) is 0. The quantitative estimate of drug-likeness (QED) is 0.0492. The molecule has 3 nitrogen and oxygen atoms in total. The van der Waals surface area contributed by atoms with E-state index in [-0.39, 0.29) is 63.9 Å². The van der Waals surface area contributed by atoms with Crippen LogP contribution < -0.4 is 56.5 Å². The number of rotatable bonds is 47. The SMILES string of the molecule is CCCCCCCCCCCCCCCCCC(=O)[O-].CCCCCCCCCCCCCCCCCC(O)CCCCCCCCCCCCCCCC.[K+]. The molecule has 332 valence electrons. The maximum atomic E-state index is 10.2. The van der Waals surface area contributed by atoms with Gasteiger partial charge in [-0.05, 0) is 25.7 Å². The maximum Gasteiger partial charge on any atom is 1.00 e. The van der Waals surface area contributed by atoms with E-state index in [1.54, 1.807) is 0 Å². The van der Waals surface area contributed by atoms with E-state index in [0.29, 0.717) is 0 Å². The first-order valence-electron chi connectivity index (χ1n) is 26.0. The second kappa shape index (κ2) is 58.2.